The Balaban J connectivity index is 2.40. The number of methoxy groups -OCH3 is 1. The van der Waals surface area contributed by atoms with Crippen LogP contribution in [-0.2, 0) is 11.3 Å². The van der Waals surface area contributed by atoms with Gasteiger partial charge in [-0.15, -0.1) is 0 Å². The second-order valence-electron chi connectivity index (χ2n) is 4.58. The number of ether oxygens (including phenoxy) is 3. The molecule has 4 nitrogen and oxygen atoms in total. The van der Waals surface area contributed by atoms with Gasteiger partial charge in [-0.2, -0.15) is 0 Å². The first-order chi connectivity index (χ1) is 9.81. The number of hydrogen-bond donors (Lipinski definition) is 1. The Morgan fingerprint density at radius 1 is 1.05 bits per heavy atom. The summed E-state index contributed by atoms with van der Waals surface area (Å²) >= 11 is 0. The maximum absolute atomic E-state index is 5.70. The van der Waals surface area contributed by atoms with Gasteiger partial charge >= 0.3 is 0 Å². The van der Waals surface area contributed by atoms with Gasteiger partial charge in [0.1, 0.15) is 6.61 Å². The van der Waals surface area contributed by atoms with E-state index >= 15 is 0 Å². The second-order valence-corrected chi connectivity index (χ2v) is 4.58. The Labute approximate surface area is 122 Å². The lowest BCUT2D eigenvalue weighted by molar-refractivity contribution is 0.0970. The summed E-state index contributed by atoms with van der Waals surface area (Å²) in [7, 11) is 1.66. The SMILES string of the molecule is CCCCOCCOc1ccc(CNCC)cc1OC. The van der Waals surface area contributed by atoms with Gasteiger partial charge in [0.2, 0.25) is 0 Å². The summed E-state index contributed by atoms with van der Waals surface area (Å²) in [4.78, 5) is 0. The van der Waals surface area contributed by atoms with Gasteiger partial charge in [-0.25, -0.2) is 0 Å². The topological polar surface area (TPSA) is 39.7 Å². The number of benzene rings is 1. The molecule has 0 saturated carbocycles. The van der Waals surface area contributed by atoms with Crippen molar-refractivity contribution in [3.8, 4) is 11.5 Å². The lowest BCUT2D eigenvalue weighted by atomic mass is 10.2. The van der Waals surface area contributed by atoms with Gasteiger partial charge in [0.15, 0.2) is 11.5 Å². The molecule has 4 heteroatoms. The lowest BCUT2D eigenvalue weighted by Crippen LogP contribution is -2.12. The fourth-order valence-corrected chi connectivity index (χ4v) is 1.77. The van der Waals surface area contributed by atoms with Crippen LogP contribution in [0, 0.1) is 0 Å². The van der Waals surface area contributed by atoms with Crippen LogP contribution in [0.3, 0.4) is 0 Å². The summed E-state index contributed by atoms with van der Waals surface area (Å²) in [5.41, 5.74) is 1.19. The van der Waals surface area contributed by atoms with Crippen molar-refractivity contribution in [1.82, 2.24) is 5.32 Å². The molecule has 0 aromatic heterocycles. The van der Waals surface area contributed by atoms with E-state index in [0.717, 1.165) is 44.0 Å². The molecule has 1 rings (SSSR count). The first-order valence-electron chi connectivity index (χ1n) is 7.40. The van der Waals surface area contributed by atoms with Crippen molar-refractivity contribution in [2.45, 2.75) is 33.2 Å². The zero-order valence-electron chi connectivity index (χ0n) is 12.9. The summed E-state index contributed by atoms with van der Waals surface area (Å²) in [5.74, 6) is 1.54. The molecular formula is C16H27NO3. The molecule has 0 aliphatic heterocycles. The van der Waals surface area contributed by atoms with Crippen LogP contribution < -0.4 is 14.8 Å². The highest BCUT2D eigenvalue weighted by atomic mass is 16.5. The molecule has 0 aliphatic carbocycles. The predicted molar refractivity (Wildman–Crippen MR) is 81.6 cm³/mol. The van der Waals surface area contributed by atoms with Gasteiger partial charge in [-0.3, -0.25) is 0 Å². The molecule has 1 aromatic carbocycles. The molecule has 1 aromatic rings. The lowest BCUT2D eigenvalue weighted by Gasteiger charge is -2.12. The fourth-order valence-electron chi connectivity index (χ4n) is 1.77. The Kier molecular flexibility index (Phi) is 8.83. The van der Waals surface area contributed by atoms with Gasteiger partial charge in [0, 0.05) is 13.2 Å². The van der Waals surface area contributed by atoms with E-state index in [1.807, 2.05) is 12.1 Å². The molecule has 0 saturated heterocycles. The van der Waals surface area contributed by atoms with Gasteiger partial charge in [-0.05, 0) is 30.7 Å². The van der Waals surface area contributed by atoms with Crippen molar-refractivity contribution in [2.75, 3.05) is 33.5 Å². The maximum Gasteiger partial charge on any atom is 0.161 e. The van der Waals surface area contributed by atoms with Crippen molar-refractivity contribution in [1.29, 1.82) is 0 Å². The minimum atomic E-state index is 0.548. The van der Waals surface area contributed by atoms with Crippen LogP contribution in [0.4, 0.5) is 0 Å². The Morgan fingerprint density at radius 2 is 1.90 bits per heavy atom. The zero-order chi connectivity index (χ0) is 14.6. The number of unbranched alkanes of at least 4 members (excludes halogenated alkanes) is 1. The predicted octanol–water partition coefficient (Wildman–Crippen LogP) is 3.00. The highest BCUT2D eigenvalue weighted by Crippen LogP contribution is 2.27. The van der Waals surface area contributed by atoms with Crippen molar-refractivity contribution >= 4 is 0 Å². The zero-order valence-corrected chi connectivity index (χ0v) is 12.9. The van der Waals surface area contributed by atoms with Gasteiger partial charge < -0.3 is 19.5 Å². The molecule has 114 valence electrons. The molecule has 0 unspecified atom stereocenters. The van der Waals surface area contributed by atoms with Crippen LogP contribution in [-0.4, -0.2) is 33.5 Å². The second kappa shape index (κ2) is 10.5. The first kappa shape index (κ1) is 16.8. The molecule has 0 heterocycles. The maximum atomic E-state index is 5.70. The molecule has 0 radical (unpaired) electrons. The fraction of sp³-hybridized carbons (Fsp3) is 0.625. The third-order valence-electron chi connectivity index (χ3n) is 2.93. The normalized spacial score (nSPS) is 10.6. The minimum absolute atomic E-state index is 0.548. The van der Waals surface area contributed by atoms with Crippen molar-refractivity contribution in [2.24, 2.45) is 0 Å². The van der Waals surface area contributed by atoms with Crippen LogP contribution in [0.25, 0.3) is 0 Å². The summed E-state index contributed by atoms with van der Waals surface area (Å²) in [6.07, 6.45) is 2.25. The molecule has 0 amide bonds. The van der Waals surface area contributed by atoms with E-state index in [4.69, 9.17) is 14.2 Å². The summed E-state index contributed by atoms with van der Waals surface area (Å²) in [5, 5.41) is 3.29. The van der Waals surface area contributed by atoms with E-state index in [0.29, 0.717) is 13.2 Å². The average molecular weight is 281 g/mol. The molecule has 1 N–H and O–H groups in total. The highest BCUT2D eigenvalue weighted by molar-refractivity contribution is 5.42. The van der Waals surface area contributed by atoms with Crippen molar-refractivity contribution < 1.29 is 14.2 Å². The average Bonchev–Trinajstić information content (AvgIpc) is 2.49. The van der Waals surface area contributed by atoms with Crippen LogP contribution in [0.2, 0.25) is 0 Å². The Hall–Kier alpha value is -1.26. The number of nitrogens with one attached hydrogen (secondary N) is 1. The third-order valence-corrected chi connectivity index (χ3v) is 2.93. The summed E-state index contributed by atoms with van der Waals surface area (Å²) < 4.78 is 16.5. The van der Waals surface area contributed by atoms with E-state index < -0.39 is 0 Å². The van der Waals surface area contributed by atoms with Crippen LogP contribution in [0.1, 0.15) is 32.3 Å². The molecule has 0 bridgehead atoms. The Bertz CT molecular complexity index is 369. The molecule has 0 fully saturated rings. The molecule has 20 heavy (non-hydrogen) atoms. The van der Waals surface area contributed by atoms with Crippen LogP contribution in [0.5, 0.6) is 11.5 Å². The van der Waals surface area contributed by atoms with E-state index in [1.54, 1.807) is 7.11 Å². The minimum Gasteiger partial charge on any atom is -0.493 e. The van der Waals surface area contributed by atoms with Crippen molar-refractivity contribution in [3.05, 3.63) is 23.8 Å². The monoisotopic (exact) mass is 281 g/mol. The molecule has 0 aliphatic rings. The van der Waals surface area contributed by atoms with E-state index in [9.17, 15) is 0 Å². The first-order valence-corrected chi connectivity index (χ1v) is 7.40. The summed E-state index contributed by atoms with van der Waals surface area (Å²) in [6.45, 7) is 8.00. The number of rotatable bonds is 11. The van der Waals surface area contributed by atoms with Gasteiger partial charge in [0.05, 0.1) is 13.7 Å². The smallest absolute Gasteiger partial charge is 0.161 e. The van der Waals surface area contributed by atoms with E-state index in [2.05, 4.69) is 25.2 Å². The van der Waals surface area contributed by atoms with E-state index in [-0.39, 0.29) is 0 Å². The quantitative estimate of drug-likeness (QED) is 0.633. The third kappa shape index (κ3) is 6.26. The largest absolute Gasteiger partial charge is 0.493 e. The Morgan fingerprint density at radius 3 is 2.60 bits per heavy atom. The standard InChI is InChI=1S/C16H27NO3/c1-4-6-9-19-10-11-20-15-8-7-14(13-17-5-2)12-16(15)18-3/h7-8,12,17H,4-6,9-11,13H2,1-3H3. The van der Waals surface area contributed by atoms with Crippen LogP contribution in [0.15, 0.2) is 18.2 Å². The number of hydrogen-bond acceptors (Lipinski definition) is 4. The highest BCUT2D eigenvalue weighted by Gasteiger charge is 2.05. The van der Waals surface area contributed by atoms with E-state index in [1.165, 1.54) is 5.56 Å². The van der Waals surface area contributed by atoms with Gasteiger partial charge in [0.25, 0.3) is 0 Å². The van der Waals surface area contributed by atoms with Crippen LogP contribution >= 0.6 is 0 Å². The summed E-state index contributed by atoms with van der Waals surface area (Å²) in [6, 6.07) is 6.02. The molecule has 0 atom stereocenters. The molecular weight excluding hydrogens is 254 g/mol. The van der Waals surface area contributed by atoms with Gasteiger partial charge in [-0.1, -0.05) is 26.3 Å². The van der Waals surface area contributed by atoms with Crippen molar-refractivity contribution in [3.63, 3.8) is 0 Å². The molecule has 0 spiro atoms.